The lowest BCUT2D eigenvalue weighted by molar-refractivity contribution is -0.121. The molecule has 0 heterocycles. The monoisotopic (exact) mass is 235 g/mol. The number of nitrogens with one attached hydrogen (secondary N) is 1. The van der Waals surface area contributed by atoms with E-state index in [0.717, 1.165) is 5.56 Å². The summed E-state index contributed by atoms with van der Waals surface area (Å²) >= 11 is 0. The molecule has 1 aromatic rings. The van der Waals surface area contributed by atoms with Crippen LogP contribution in [0.5, 0.6) is 0 Å². The third-order valence-corrected chi connectivity index (χ3v) is 2.33. The molecule has 1 atom stereocenters. The normalized spacial score (nSPS) is 11.8. The van der Waals surface area contributed by atoms with Crippen molar-refractivity contribution in [2.45, 2.75) is 18.9 Å². The molecule has 17 heavy (non-hydrogen) atoms. The molecular formula is C12H17N3O2. The van der Waals surface area contributed by atoms with E-state index in [4.69, 9.17) is 11.5 Å². The quantitative estimate of drug-likeness (QED) is 0.650. The van der Waals surface area contributed by atoms with Crippen LogP contribution in [0.2, 0.25) is 0 Å². The Morgan fingerprint density at radius 1 is 1.24 bits per heavy atom. The SMILES string of the molecule is NC(=O)CCNC(=O)CC(N)c1ccccc1. The van der Waals surface area contributed by atoms with Crippen molar-refractivity contribution in [3.63, 3.8) is 0 Å². The number of rotatable bonds is 6. The van der Waals surface area contributed by atoms with Gasteiger partial charge in [0.1, 0.15) is 0 Å². The number of amides is 2. The zero-order valence-corrected chi connectivity index (χ0v) is 9.56. The summed E-state index contributed by atoms with van der Waals surface area (Å²) in [5, 5.41) is 2.59. The molecule has 0 saturated heterocycles. The minimum Gasteiger partial charge on any atom is -0.370 e. The lowest BCUT2D eigenvalue weighted by Crippen LogP contribution is -2.30. The minimum atomic E-state index is -0.433. The summed E-state index contributed by atoms with van der Waals surface area (Å²) in [6.07, 6.45) is 0.342. The third kappa shape index (κ3) is 5.12. The summed E-state index contributed by atoms with van der Waals surface area (Å²) in [6, 6.07) is 9.07. The average molecular weight is 235 g/mol. The van der Waals surface area contributed by atoms with Crippen LogP contribution in [-0.4, -0.2) is 18.4 Å². The van der Waals surface area contributed by atoms with Crippen molar-refractivity contribution in [1.29, 1.82) is 0 Å². The summed E-state index contributed by atoms with van der Waals surface area (Å²) in [5.74, 6) is -0.611. The van der Waals surface area contributed by atoms with Gasteiger partial charge in [0.05, 0.1) is 0 Å². The van der Waals surface area contributed by atoms with Gasteiger partial charge in [0.25, 0.3) is 0 Å². The average Bonchev–Trinajstić information content (AvgIpc) is 2.29. The standard InChI is InChI=1S/C12H17N3O2/c13-10(9-4-2-1-3-5-9)8-12(17)15-7-6-11(14)16/h1-5,10H,6-8,13H2,(H2,14,16)(H,15,17). The number of nitrogens with two attached hydrogens (primary N) is 2. The molecule has 0 bridgehead atoms. The van der Waals surface area contributed by atoms with E-state index in [1.165, 1.54) is 0 Å². The molecule has 0 saturated carbocycles. The van der Waals surface area contributed by atoms with Gasteiger partial charge in [-0.05, 0) is 5.56 Å². The summed E-state index contributed by atoms with van der Waals surface area (Å²) < 4.78 is 0. The maximum Gasteiger partial charge on any atom is 0.221 e. The van der Waals surface area contributed by atoms with Gasteiger partial charge in [0, 0.05) is 25.4 Å². The molecular weight excluding hydrogens is 218 g/mol. The molecule has 5 heteroatoms. The Bertz CT molecular complexity index is 379. The lowest BCUT2D eigenvalue weighted by atomic mass is 10.0. The largest absolute Gasteiger partial charge is 0.370 e. The minimum absolute atomic E-state index is 0.145. The Kier molecular flexibility index (Phi) is 5.16. The predicted molar refractivity (Wildman–Crippen MR) is 64.8 cm³/mol. The first-order valence-electron chi connectivity index (χ1n) is 5.45. The summed E-state index contributed by atoms with van der Waals surface area (Å²) in [7, 11) is 0. The number of carbonyl (C=O) groups excluding carboxylic acids is 2. The van der Waals surface area contributed by atoms with Crippen LogP contribution in [0.3, 0.4) is 0 Å². The predicted octanol–water partition coefficient (Wildman–Crippen LogP) is 0.0681. The van der Waals surface area contributed by atoms with Gasteiger partial charge in [-0.1, -0.05) is 30.3 Å². The van der Waals surface area contributed by atoms with E-state index >= 15 is 0 Å². The Hall–Kier alpha value is -1.88. The molecule has 1 aromatic carbocycles. The van der Waals surface area contributed by atoms with Crippen LogP contribution in [-0.2, 0) is 9.59 Å². The molecule has 0 spiro atoms. The fourth-order valence-corrected chi connectivity index (χ4v) is 1.42. The highest BCUT2D eigenvalue weighted by molar-refractivity contribution is 5.78. The number of carbonyl (C=O) groups is 2. The fraction of sp³-hybridized carbons (Fsp3) is 0.333. The lowest BCUT2D eigenvalue weighted by Gasteiger charge is -2.11. The highest BCUT2D eigenvalue weighted by Crippen LogP contribution is 2.12. The summed E-state index contributed by atoms with van der Waals surface area (Å²) in [6.45, 7) is 0.260. The number of primary amides is 1. The highest BCUT2D eigenvalue weighted by Gasteiger charge is 2.10. The van der Waals surface area contributed by atoms with Crippen molar-refractivity contribution in [2.75, 3.05) is 6.54 Å². The molecule has 0 aliphatic rings. The van der Waals surface area contributed by atoms with Gasteiger partial charge in [0.15, 0.2) is 0 Å². The zero-order valence-electron chi connectivity index (χ0n) is 9.56. The molecule has 0 fully saturated rings. The molecule has 0 aliphatic carbocycles. The molecule has 1 unspecified atom stereocenters. The van der Waals surface area contributed by atoms with E-state index in [1.54, 1.807) is 0 Å². The second kappa shape index (κ2) is 6.65. The van der Waals surface area contributed by atoms with Crippen LogP contribution in [0.1, 0.15) is 24.4 Å². The van der Waals surface area contributed by atoms with Crippen LogP contribution in [0.15, 0.2) is 30.3 Å². The van der Waals surface area contributed by atoms with Gasteiger partial charge in [-0.25, -0.2) is 0 Å². The van der Waals surface area contributed by atoms with Crippen LogP contribution in [0.25, 0.3) is 0 Å². The van der Waals surface area contributed by atoms with E-state index in [0.29, 0.717) is 0 Å². The van der Waals surface area contributed by atoms with Gasteiger partial charge in [0.2, 0.25) is 11.8 Å². The summed E-state index contributed by atoms with van der Waals surface area (Å²) in [5.41, 5.74) is 11.7. The van der Waals surface area contributed by atoms with Gasteiger partial charge in [-0.15, -0.1) is 0 Å². The second-order valence-corrected chi connectivity index (χ2v) is 3.79. The van der Waals surface area contributed by atoms with E-state index in [-0.39, 0.29) is 31.3 Å². The van der Waals surface area contributed by atoms with Crippen molar-refractivity contribution in [3.8, 4) is 0 Å². The van der Waals surface area contributed by atoms with Crippen LogP contribution in [0, 0.1) is 0 Å². The van der Waals surface area contributed by atoms with Crippen LogP contribution in [0.4, 0.5) is 0 Å². The maximum atomic E-state index is 11.5. The highest BCUT2D eigenvalue weighted by atomic mass is 16.2. The third-order valence-electron chi connectivity index (χ3n) is 2.33. The molecule has 1 rings (SSSR count). The second-order valence-electron chi connectivity index (χ2n) is 3.79. The first kappa shape index (κ1) is 13.2. The summed E-state index contributed by atoms with van der Waals surface area (Å²) in [4.78, 5) is 21.9. The number of benzene rings is 1. The van der Waals surface area contributed by atoms with E-state index < -0.39 is 5.91 Å². The Balaban J connectivity index is 2.34. The molecule has 2 amide bonds. The van der Waals surface area contributed by atoms with E-state index in [1.807, 2.05) is 30.3 Å². The van der Waals surface area contributed by atoms with Crippen molar-refractivity contribution in [2.24, 2.45) is 11.5 Å². The molecule has 0 aliphatic heterocycles. The molecule has 0 aromatic heterocycles. The Morgan fingerprint density at radius 2 is 1.88 bits per heavy atom. The molecule has 92 valence electrons. The van der Waals surface area contributed by atoms with Crippen molar-refractivity contribution >= 4 is 11.8 Å². The topological polar surface area (TPSA) is 98.2 Å². The molecule has 5 N–H and O–H groups in total. The molecule has 0 radical (unpaired) electrons. The van der Waals surface area contributed by atoms with Crippen molar-refractivity contribution in [3.05, 3.63) is 35.9 Å². The maximum absolute atomic E-state index is 11.5. The van der Waals surface area contributed by atoms with E-state index in [9.17, 15) is 9.59 Å². The number of hydrogen-bond acceptors (Lipinski definition) is 3. The fourth-order valence-electron chi connectivity index (χ4n) is 1.42. The van der Waals surface area contributed by atoms with Crippen LogP contribution < -0.4 is 16.8 Å². The first-order chi connectivity index (χ1) is 8.09. The van der Waals surface area contributed by atoms with Gasteiger partial charge >= 0.3 is 0 Å². The Morgan fingerprint density at radius 3 is 2.47 bits per heavy atom. The van der Waals surface area contributed by atoms with Crippen molar-refractivity contribution in [1.82, 2.24) is 5.32 Å². The first-order valence-corrected chi connectivity index (χ1v) is 5.45. The number of hydrogen-bond donors (Lipinski definition) is 3. The molecule has 5 nitrogen and oxygen atoms in total. The van der Waals surface area contributed by atoms with Crippen molar-refractivity contribution < 1.29 is 9.59 Å². The smallest absolute Gasteiger partial charge is 0.221 e. The van der Waals surface area contributed by atoms with Gasteiger partial charge in [-0.3, -0.25) is 9.59 Å². The van der Waals surface area contributed by atoms with Crippen LogP contribution >= 0.6 is 0 Å². The van der Waals surface area contributed by atoms with E-state index in [2.05, 4.69) is 5.32 Å². The van der Waals surface area contributed by atoms with Gasteiger partial charge in [-0.2, -0.15) is 0 Å². The Labute approximate surface area is 100 Å². The van der Waals surface area contributed by atoms with Gasteiger partial charge < -0.3 is 16.8 Å². The zero-order chi connectivity index (χ0) is 12.7.